The Balaban J connectivity index is 2.08. The quantitative estimate of drug-likeness (QED) is 0.866. The summed E-state index contributed by atoms with van der Waals surface area (Å²) < 4.78 is 24.3. The Morgan fingerprint density at radius 3 is 2.38 bits per heavy atom. The van der Waals surface area contributed by atoms with Crippen LogP contribution in [-0.4, -0.2) is 26.8 Å². The van der Waals surface area contributed by atoms with Gasteiger partial charge in [-0.2, -0.15) is 0 Å². The maximum Gasteiger partial charge on any atom is 0.157 e. The molecule has 1 aliphatic heterocycles. The minimum absolute atomic E-state index is 0.158. The number of benzene rings is 1. The van der Waals surface area contributed by atoms with Crippen molar-refractivity contribution in [3.8, 4) is 0 Å². The Hall–Kier alpha value is -0.870. The maximum absolute atomic E-state index is 12.1. The smallest absolute Gasteiger partial charge is 0.157 e. The number of hydrogen-bond acceptors (Lipinski definition) is 3. The van der Waals surface area contributed by atoms with E-state index >= 15 is 0 Å². The van der Waals surface area contributed by atoms with Crippen molar-refractivity contribution in [2.75, 3.05) is 13.1 Å². The van der Waals surface area contributed by atoms with Crippen LogP contribution in [0.25, 0.3) is 0 Å². The molecule has 1 aliphatic rings. The van der Waals surface area contributed by atoms with Crippen molar-refractivity contribution in [2.45, 2.75) is 23.8 Å². The summed E-state index contributed by atoms with van der Waals surface area (Å²) in [5.74, 6) is 0.179. The van der Waals surface area contributed by atoms with Crippen molar-refractivity contribution < 1.29 is 8.42 Å². The average molecular weight is 239 g/mol. The van der Waals surface area contributed by atoms with Crippen molar-refractivity contribution in [2.24, 2.45) is 0 Å². The first-order valence-electron chi connectivity index (χ1n) is 5.65. The van der Waals surface area contributed by atoms with Crippen LogP contribution in [0.1, 0.15) is 18.4 Å². The van der Waals surface area contributed by atoms with E-state index in [1.165, 1.54) is 0 Å². The predicted octanol–water partition coefficient (Wildman–Crippen LogP) is 1.35. The minimum atomic E-state index is -2.98. The van der Waals surface area contributed by atoms with Gasteiger partial charge in [0.25, 0.3) is 0 Å². The molecule has 0 spiro atoms. The summed E-state index contributed by atoms with van der Waals surface area (Å²) in [6.07, 6.45) is 1.49. The molecule has 1 heterocycles. The Kier molecular flexibility index (Phi) is 3.61. The fourth-order valence-corrected chi connectivity index (χ4v) is 3.93. The Labute approximate surface area is 96.8 Å². The van der Waals surface area contributed by atoms with Crippen molar-refractivity contribution in [3.05, 3.63) is 35.9 Å². The van der Waals surface area contributed by atoms with Crippen LogP contribution in [0.5, 0.6) is 0 Å². The van der Waals surface area contributed by atoms with Crippen molar-refractivity contribution in [3.63, 3.8) is 0 Å². The average Bonchev–Trinajstić information content (AvgIpc) is 2.31. The van der Waals surface area contributed by atoms with E-state index in [2.05, 4.69) is 5.32 Å². The lowest BCUT2D eigenvalue weighted by Crippen LogP contribution is -2.36. The van der Waals surface area contributed by atoms with Gasteiger partial charge < -0.3 is 5.32 Å². The van der Waals surface area contributed by atoms with Crippen molar-refractivity contribution in [1.29, 1.82) is 0 Å². The second-order valence-electron chi connectivity index (χ2n) is 4.24. The van der Waals surface area contributed by atoms with Gasteiger partial charge in [0.05, 0.1) is 11.0 Å². The van der Waals surface area contributed by atoms with Gasteiger partial charge in [-0.25, -0.2) is 8.42 Å². The molecule has 1 aromatic rings. The van der Waals surface area contributed by atoms with Gasteiger partial charge in [-0.05, 0) is 31.5 Å². The summed E-state index contributed by atoms with van der Waals surface area (Å²) in [6, 6.07) is 9.42. The molecule has 16 heavy (non-hydrogen) atoms. The summed E-state index contributed by atoms with van der Waals surface area (Å²) in [6.45, 7) is 1.64. The van der Waals surface area contributed by atoms with Crippen LogP contribution in [0.2, 0.25) is 0 Å². The van der Waals surface area contributed by atoms with Crippen LogP contribution in [0.3, 0.4) is 0 Å². The SMILES string of the molecule is O=S(=O)(Cc1ccccc1)C1CCNCC1. The van der Waals surface area contributed by atoms with Gasteiger partial charge in [-0.15, -0.1) is 0 Å². The molecule has 0 aromatic heterocycles. The molecule has 0 saturated carbocycles. The lowest BCUT2D eigenvalue weighted by molar-refractivity contribution is 0.496. The molecule has 0 aliphatic carbocycles. The van der Waals surface area contributed by atoms with Gasteiger partial charge in [0.15, 0.2) is 9.84 Å². The Morgan fingerprint density at radius 2 is 1.75 bits per heavy atom. The predicted molar refractivity (Wildman–Crippen MR) is 65.0 cm³/mol. The highest BCUT2D eigenvalue weighted by molar-refractivity contribution is 7.91. The fourth-order valence-electron chi connectivity index (χ4n) is 2.08. The molecular weight excluding hydrogens is 222 g/mol. The van der Waals surface area contributed by atoms with E-state index in [9.17, 15) is 8.42 Å². The van der Waals surface area contributed by atoms with E-state index in [1.807, 2.05) is 30.3 Å². The first-order chi connectivity index (χ1) is 7.68. The largest absolute Gasteiger partial charge is 0.317 e. The highest BCUT2D eigenvalue weighted by atomic mass is 32.2. The second-order valence-corrected chi connectivity index (χ2v) is 6.52. The summed E-state index contributed by atoms with van der Waals surface area (Å²) in [4.78, 5) is 0. The highest BCUT2D eigenvalue weighted by Gasteiger charge is 2.26. The molecule has 88 valence electrons. The summed E-state index contributed by atoms with van der Waals surface area (Å²) in [7, 11) is -2.98. The van der Waals surface area contributed by atoms with Crippen LogP contribution < -0.4 is 5.32 Å². The molecule has 0 atom stereocenters. The van der Waals surface area contributed by atoms with Gasteiger partial charge in [0, 0.05) is 0 Å². The molecule has 1 fully saturated rings. The van der Waals surface area contributed by atoms with Crippen molar-refractivity contribution >= 4 is 9.84 Å². The summed E-state index contributed by atoms with van der Waals surface area (Å²) in [5, 5.41) is 3.03. The molecule has 0 unspecified atom stereocenters. The van der Waals surface area contributed by atoms with Gasteiger partial charge in [-0.3, -0.25) is 0 Å². The Bertz CT molecular complexity index is 422. The molecule has 0 bridgehead atoms. The maximum atomic E-state index is 12.1. The van der Waals surface area contributed by atoms with E-state index in [1.54, 1.807) is 0 Å². The molecule has 1 aromatic carbocycles. The van der Waals surface area contributed by atoms with E-state index in [4.69, 9.17) is 0 Å². The third-order valence-corrected chi connectivity index (χ3v) is 5.23. The zero-order chi connectivity index (χ0) is 11.4. The van der Waals surface area contributed by atoms with Gasteiger partial charge in [-0.1, -0.05) is 30.3 Å². The number of rotatable bonds is 3. The van der Waals surface area contributed by atoms with Crippen molar-refractivity contribution in [1.82, 2.24) is 5.32 Å². The van der Waals surface area contributed by atoms with Crippen LogP contribution in [-0.2, 0) is 15.6 Å². The zero-order valence-electron chi connectivity index (χ0n) is 9.22. The standard InChI is InChI=1S/C12H17NO2S/c14-16(15,12-6-8-13-9-7-12)10-11-4-2-1-3-5-11/h1-5,12-13H,6-10H2. The third-order valence-electron chi connectivity index (χ3n) is 3.00. The monoisotopic (exact) mass is 239 g/mol. The molecule has 3 nitrogen and oxygen atoms in total. The summed E-state index contributed by atoms with van der Waals surface area (Å²) >= 11 is 0. The third kappa shape index (κ3) is 2.83. The Morgan fingerprint density at radius 1 is 1.12 bits per heavy atom. The highest BCUT2D eigenvalue weighted by Crippen LogP contribution is 2.18. The lowest BCUT2D eigenvalue weighted by Gasteiger charge is -2.22. The van der Waals surface area contributed by atoms with Gasteiger partial charge in [0.1, 0.15) is 0 Å². The van der Waals surface area contributed by atoms with Crippen LogP contribution >= 0.6 is 0 Å². The summed E-state index contributed by atoms with van der Waals surface area (Å²) in [5.41, 5.74) is 0.890. The molecule has 0 radical (unpaired) electrons. The normalized spacial score (nSPS) is 18.5. The number of piperidine rings is 1. The molecule has 0 amide bonds. The zero-order valence-corrected chi connectivity index (χ0v) is 10.0. The van der Waals surface area contributed by atoms with E-state index < -0.39 is 9.84 Å². The fraction of sp³-hybridized carbons (Fsp3) is 0.500. The second kappa shape index (κ2) is 4.97. The van der Waals surface area contributed by atoms with Gasteiger partial charge >= 0.3 is 0 Å². The number of nitrogens with one attached hydrogen (secondary N) is 1. The molecule has 2 rings (SSSR count). The number of sulfone groups is 1. The first-order valence-corrected chi connectivity index (χ1v) is 7.36. The topological polar surface area (TPSA) is 46.2 Å². The van der Waals surface area contributed by atoms with E-state index in [0.29, 0.717) is 0 Å². The minimum Gasteiger partial charge on any atom is -0.317 e. The first kappa shape index (κ1) is 11.6. The van der Waals surface area contributed by atoms with Crippen LogP contribution in [0.4, 0.5) is 0 Å². The molecular formula is C12H17NO2S. The van der Waals surface area contributed by atoms with Crippen LogP contribution in [0.15, 0.2) is 30.3 Å². The van der Waals surface area contributed by atoms with Gasteiger partial charge in [0.2, 0.25) is 0 Å². The van der Waals surface area contributed by atoms with E-state index in [-0.39, 0.29) is 11.0 Å². The lowest BCUT2D eigenvalue weighted by atomic mass is 10.2. The van der Waals surface area contributed by atoms with Crippen LogP contribution in [0, 0.1) is 0 Å². The molecule has 1 N–H and O–H groups in total. The molecule has 1 saturated heterocycles. The van der Waals surface area contributed by atoms with E-state index in [0.717, 1.165) is 31.5 Å². The number of hydrogen-bond donors (Lipinski definition) is 1. The molecule has 4 heteroatoms.